The zero-order valence-electron chi connectivity index (χ0n) is 13.1. The first kappa shape index (κ1) is 15.8. The van der Waals surface area contributed by atoms with Crippen molar-refractivity contribution in [1.82, 2.24) is 9.80 Å². The summed E-state index contributed by atoms with van der Waals surface area (Å²) in [6.07, 6.45) is 2.10. The molecule has 2 fully saturated rings. The van der Waals surface area contributed by atoms with Crippen LogP contribution in [0.2, 0.25) is 0 Å². The zero-order chi connectivity index (χ0) is 16.1. The van der Waals surface area contributed by atoms with Crippen LogP contribution < -0.4 is 0 Å². The van der Waals surface area contributed by atoms with Crippen LogP contribution in [0, 0.1) is 0 Å². The Kier molecular flexibility index (Phi) is 4.81. The molecule has 0 aliphatic carbocycles. The third kappa shape index (κ3) is 3.82. The van der Waals surface area contributed by atoms with E-state index in [2.05, 4.69) is 0 Å². The Morgan fingerprint density at radius 3 is 2.65 bits per heavy atom. The van der Waals surface area contributed by atoms with Gasteiger partial charge in [0.2, 0.25) is 6.41 Å². The number of hydrogen-bond donors (Lipinski definition) is 0. The topological polar surface area (TPSA) is 59.1 Å². The summed E-state index contributed by atoms with van der Waals surface area (Å²) in [4.78, 5) is 26.6. The second-order valence-electron chi connectivity index (χ2n) is 6.13. The van der Waals surface area contributed by atoms with Crippen molar-refractivity contribution >= 4 is 12.5 Å². The lowest BCUT2D eigenvalue weighted by Gasteiger charge is -2.46. The minimum Gasteiger partial charge on any atom is -0.445 e. The number of hydrogen-bond acceptors (Lipinski definition) is 4. The van der Waals surface area contributed by atoms with Crippen LogP contribution in [0.25, 0.3) is 0 Å². The Balaban J connectivity index is 1.54. The normalized spacial score (nSPS) is 20.3. The van der Waals surface area contributed by atoms with Crippen LogP contribution in [-0.2, 0) is 20.9 Å². The van der Waals surface area contributed by atoms with E-state index in [1.165, 1.54) is 0 Å². The van der Waals surface area contributed by atoms with Crippen molar-refractivity contribution in [2.45, 2.75) is 25.0 Å². The van der Waals surface area contributed by atoms with Crippen molar-refractivity contribution in [3.8, 4) is 0 Å². The predicted molar refractivity (Wildman–Crippen MR) is 83.8 cm³/mol. The van der Waals surface area contributed by atoms with Crippen molar-refractivity contribution in [1.29, 1.82) is 0 Å². The van der Waals surface area contributed by atoms with Gasteiger partial charge in [-0.15, -0.1) is 0 Å². The number of carbonyl (C=O) groups excluding carboxylic acids is 2. The molecule has 1 spiro atoms. The van der Waals surface area contributed by atoms with E-state index in [4.69, 9.17) is 9.47 Å². The molecule has 0 radical (unpaired) electrons. The van der Waals surface area contributed by atoms with Gasteiger partial charge in [-0.3, -0.25) is 4.79 Å². The fraction of sp³-hybridized carbons (Fsp3) is 0.529. The first-order chi connectivity index (χ1) is 11.2. The van der Waals surface area contributed by atoms with Crippen LogP contribution in [0.5, 0.6) is 0 Å². The lowest BCUT2D eigenvalue weighted by molar-refractivity contribution is -0.140. The second-order valence-corrected chi connectivity index (χ2v) is 6.13. The molecular weight excluding hydrogens is 296 g/mol. The quantitative estimate of drug-likeness (QED) is 0.795. The molecule has 0 unspecified atom stereocenters. The van der Waals surface area contributed by atoms with Crippen LogP contribution in [-0.4, -0.2) is 60.7 Å². The molecule has 1 aromatic rings. The number of rotatable bonds is 3. The van der Waals surface area contributed by atoms with Crippen molar-refractivity contribution in [3.05, 3.63) is 35.9 Å². The van der Waals surface area contributed by atoms with Crippen LogP contribution in [0.4, 0.5) is 4.79 Å². The van der Waals surface area contributed by atoms with Gasteiger partial charge in [0, 0.05) is 19.6 Å². The van der Waals surface area contributed by atoms with Crippen LogP contribution >= 0.6 is 0 Å². The van der Waals surface area contributed by atoms with Gasteiger partial charge in [-0.05, 0) is 18.4 Å². The number of likely N-dealkylation sites (tertiary alicyclic amines) is 1. The summed E-state index contributed by atoms with van der Waals surface area (Å²) in [7, 11) is 0. The molecule has 23 heavy (non-hydrogen) atoms. The standard InChI is InChI=1S/C17H22N2O4/c20-14-18-8-6-17(7-9-18)13-19(10-11-23-17)16(21)22-12-15-4-2-1-3-5-15/h1-5,14H,6-13H2. The molecule has 2 aliphatic rings. The maximum atomic E-state index is 12.3. The Hall–Kier alpha value is -2.08. The summed E-state index contributed by atoms with van der Waals surface area (Å²) in [5, 5.41) is 0. The van der Waals surface area contributed by atoms with E-state index < -0.39 is 0 Å². The highest BCUT2D eigenvalue weighted by atomic mass is 16.6. The Morgan fingerprint density at radius 2 is 1.96 bits per heavy atom. The van der Waals surface area contributed by atoms with Crippen molar-refractivity contribution in [2.75, 3.05) is 32.8 Å². The van der Waals surface area contributed by atoms with Crippen molar-refractivity contribution < 1.29 is 19.1 Å². The molecule has 124 valence electrons. The lowest BCUT2D eigenvalue weighted by Crippen LogP contribution is -2.57. The molecule has 2 amide bonds. The third-order valence-corrected chi connectivity index (χ3v) is 4.57. The predicted octanol–water partition coefficient (Wildman–Crippen LogP) is 1.65. The maximum absolute atomic E-state index is 12.3. The third-order valence-electron chi connectivity index (χ3n) is 4.57. The molecule has 2 saturated heterocycles. The summed E-state index contributed by atoms with van der Waals surface area (Å²) in [6, 6.07) is 9.65. The molecular formula is C17H22N2O4. The number of benzene rings is 1. The van der Waals surface area contributed by atoms with Gasteiger partial charge in [0.1, 0.15) is 6.61 Å². The number of piperidine rings is 1. The highest BCUT2D eigenvalue weighted by molar-refractivity contribution is 5.68. The molecule has 0 atom stereocenters. The molecule has 0 aromatic heterocycles. The highest BCUT2D eigenvalue weighted by Gasteiger charge is 2.41. The Morgan fingerprint density at radius 1 is 1.22 bits per heavy atom. The van der Waals surface area contributed by atoms with E-state index in [1.807, 2.05) is 30.3 Å². The Bertz CT molecular complexity index is 541. The van der Waals surface area contributed by atoms with E-state index in [-0.39, 0.29) is 18.3 Å². The van der Waals surface area contributed by atoms with E-state index >= 15 is 0 Å². The summed E-state index contributed by atoms with van der Waals surface area (Å²) in [5.41, 5.74) is 0.645. The molecule has 6 nitrogen and oxygen atoms in total. The minimum absolute atomic E-state index is 0.281. The minimum atomic E-state index is -0.330. The van der Waals surface area contributed by atoms with E-state index in [1.54, 1.807) is 9.80 Å². The summed E-state index contributed by atoms with van der Waals surface area (Å²) in [5.74, 6) is 0. The molecule has 3 rings (SSSR count). The number of carbonyl (C=O) groups is 2. The number of nitrogens with zero attached hydrogens (tertiary/aromatic N) is 2. The van der Waals surface area contributed by atoms with Crippen molar-refractivity contribution in [3.63, 3.8) is 0 Å². The van der Waals surface area contributed by atoms with Gasteiger partial charge in [-0.2, -0.15) is 0 Å². The van der Waals surface area contributed by atoms with Gasteiger partial charge >= 0.3 is 6.09 Å². The smallest absolute Gasteiger partial charge is 0.410 e. The van der Waals surface area contributed by atoms with Gasteiger partial charge in [-0.25, -0.2) is 4.79 Å². The highest BCUT2D eigenvalue weighted by Crippen LogP contribution is 2.30. The molecule has 2 aliphatic heterocycles. The van der Waals surface area contributed by atoms with Gasteiger partial charge in [0.05, 0.1) is 18.8 Å². The second kappa shape index (κ2) is 7.00. The van der Waals surface area contributed by atoms with Crippen molar-refractivity contribution in [2.24, 2.45) is 0 Å². The number of amides is 2. The fourth-order valence-corrected chi connectivity index (χ4v) is 3.15. The van der Waals surface area contributed by atoms with E-state index in [0.29, 0.717) is 32.8 Å². The van der Waals surface area contributed by atoms with E-state index in [9.17, 15) is 9.59 Å². The summed E-state index contributed by atoms with van der Waals surface area (Å²) < 4.78 is 11.4. The zero-order valence-corrected chi connectivity index (χ0v) is 13.1. The summed E-state index contributed by atoms with van der Waals surface area (Å²) in [6.45, 7) is 3.23. The first-order valence-corrected chi connectivity index (χ1v) is 8.00. The largest absolute Gasteiger partial charge is 0.445 e. The summed E-state index contributed by atoms with van der Waals surface area (Å²) >= 11 is 0. The van der Waals surface area contributed by atoms with Gasteiger partial charge in [0.15, 0.2) is 0 Å². The molecule has 0 bridgehead atoms. The van der Waals surface area contributed by atoms with Gasteiger partial charge < -0.3 is 19.3 Å². The number of ether oxygens (including phenoxy) is 2. The fourth-order valence-electron chi connectivity index (χ4n) is 3.15. The monoisotopic (exact) mass is 318 g/mol. The molecule has 2 heterocycles. The lowest BCUT2D eigenvalue weighted by atomic mass is 9.89. The molecule has 0 saturated carbocycles. The van der Waals surface area contributed by atoms with Gasteiger partial charge in [-0.1, -0.05) is 30.3 Å². The van der Waals surface area contributed by atoms with Crippen LogP contribution in [0.15, 0.2) is 30.3 Å². The molecule has 1 aromatic carbocycles. The number of morpholine rings is 1. The Labute approximate surface area is 136 Å². The SMILES string of the molecule is O=CN1CCC2(CC1)CN(C(=O)OCc1ccccc1)CCO2. The first-order valence-electron chi connectivity index (χ1n) is 8.00. The van der Waals surface area contributed by atoms with Gasteiger partial charge in [0.25, 0.3) is 0 Å². The van der Waals surface area contributed by atoms with Crippen LogP contribution in [0.3, 0.4) is 0 Å². The molecule has 6 heteroatoms. The maximum Gasteiger partial charge on any atom is 0.410 e. The molecule has 0 N–H and O–H groups in total. The van der Waals surface area contributed by atoms with E-state index in [0.717, 1.165) is 24.8 Å². The average Bonchev–Trinajstić information content (AvgIpc) is 2.61. The average molecular weight is 318 g/mol. The van der Waals surface area contributed by atoms with Crippen LogP contribution in [0.1, 0.15) is 18.4 Å².